The van der Waals surface area contributed by atoms with Crippen molar-refractivity contribution in [1.82, 2.24) is 15.3 Å². The van der Waals surface area contributed by atoms with Gasteiger partial charge in [0.25, 0.3) is 0 Å². The van der Waals surface area contributed by atoms with Crippen molar-refractivity contribution in [2.24, 2.45) is 0 Å². The van der Waals surface area contributed by atoms with Crippen molar-refractivity contribution in [3.8, 4) is 0 Å². The molecular formula is C17H21N5O. The minimum atomic E-state index is -0.214. The molecule has 3 rings (SSSR count). The molecule has 0 spiro atoms. The van der Waals surface area contributed by atoms with E-state index in [4.69, 9.17) is 0 Å². The molecule has 0 unspecified atom stereocenters. The predicted molar refractivity (Wildman–Crippen MR) is 90.6 cm³/mol. The Balaban J connectivity index is 1.53. The van der Waals surface area contributed by atoms with Crippen LogP contribution < -0.4 is 15.5 Å². The zero-order valence-electron chi connectivity index (χ0n) is 13.0. The maximum atomic E-state index is 12.1. The number of carbonyl (C=O) groups is 1. The van der Waals surface area contributed by atoms with E-state index < -0.39 is 0 Å². The van der Waals surface area contributed by atoms with Gasteiger partial charge in [-0.2, -0.15) is 0 Å². The summed E-state index contributed by atoms with van der Waals surface area (Å²) in [4.78, 5) is 22.9. The first-order valence-electron chi connectivity index (χ1n) is 7.97. The standard InChI is InChI=1S/C17H21N5O/c23-17(20-11-8-14-6-1-2-9-18-14)21-15-7-5-10-19-16(15)22-12-3-4-13-22/h1-2,5-7,9-10H,3-4,8,11-13H2,(H2,20,21,23). The molecule has 0 bridgehead atoms. The number of pyridine rings is 2. The minimum Gasteiger partial charge on any atom is -0.355 e. The first kappa shape index (κ1) is 15.3. The van der Waals surface area contributed by atoms with Crippen molar-refractivity contribution < 1.29 is 4.79 Å². The van der Waals surface area contributed by atoms with Gasteiger partial charge in [0.05, 0.1) is 5.69 Å². The topological polar surface area (TPSA) is 70.1 Å². The van der Waals surface area contributed by atoms with Crippen molar-refractivity contribution in [3.05, 3.63) is 48.4 Å². The number of carbonyl (C=O) groups excluding carboxylic acids is 1. The summed E-state index contributed by atoms with van der Waals surface area (Å²) in [6.45, 7) is 2.53. The molecule has 6 nitrogen and oxygen atoms in total. The summed E-state index contributed by atoms with van der Waals surface area (Å²) in [7, 11) is 0. The lowest BCUT2D eigenvalue weighted by molar-refractivity contribution is 0.252. The molecule has 1 saturated heterocycles. The summed E-state index contributed by atoms with van der Waals surface area (Å²) in [6, 6.07) is 9.29. The monoisotopic (exact) mass is 311 g/mol. The molecule has 2 aromatic heterocycles. The van der Waals surface area contributed by atoms with E-state index in [0.29, 0.717) is 13.0 Å². The van der Waals surface area contributed by atoms with Crippen LogP contribution in [0.3, 0.4) is 0 Å². The van der Waals surface area contributed by atoms with E-state index in [1.165, 1.54) is 12.8 Å². The lowest BCUT2D eigenvalue weighted by atomic mass is 10.3. The number of urea groups is 1. The van der Waals surface area contributed by atoms with Gasteiger partial charge in [0.1, 0.15) is 0 Å². The summed E-state index contributed by atoms with van der Waals surface area (Å²) < 4.78 is 0. The average Bonchev–Trinajstić information content (AvgIpc) is 3.11. The number of hydrogen-bond acceptors (Lipinski definition) is 4. The first-order valence-corrected chi connectivity index (χ1v) is 7.97. The van der Waals surface area contributed by atoms with Gasteiger partial charge >= 0.3 is 6.03 Å². The lowest BCUT2D eigenvalue weighted by Gasteiger charge is -2.20. The maximum Gasteiger partial charge on any atom is 0.319 e. The second kappa shape index (κ2) is 7.58. The molecule has 23 heavy (non-hydrogen) atoms. The van der Waals surface area contributed by atoms with E-state index in [2.05, 4.69) is 25.5 Å². The first-order chi connectivity index (χ1) is 11.3. The number of aromatic nitrogens is 2. The molecule has 2 N–H and O–H groups in total. The molecule has 2 aromatic rings. The molecule has 0 aliphatic carbocycles. The SMILES string of the molecule is O=C(NCCc1ccccn1)Nc1cccnc1N1CCCC1. The van der Waals surface area contributed by atoms with Gasteiger partial charge in [-0.05, 0) is 37.1 Å². The van der Waals surface area contributed by atoms with Gasteiger partial charge in [-0.25, -0.2) is 9.78 Å². The van der Waals surface area contributed by atoms with Crippen LogP contribution in [0.2, 0.25) is 0 Å². The lowest BCUT2D eigenvalue weighted by Crippen LogP contribution is -2.31. The van der Waals surface area contributed by atoms with Crippen LogP contribution in [0.25, 0.3) is 0 Å². The van der Waals surface area contributed by atoms with Crippen LogP contribution in [0.1, 0.15) is 18.5 Å². The Labute approximate surface area is 135 Å². The smallest absolute Gasteiger partial charge is 0.319 e. The van der Waals surface area contributed by atoms with Crippen molar-refractivity contribution in [3.63, 3.8) is 0 Å². The molecule has 3 heterocycles. The Kier molecular flexibility index (Phi) is 5.03. The zero-order chi connectivity index (χ0) is 15.9. The molecule has 6 heteroatoms. The number of nitrogens with one attached hydrogen (secondary N) is 2. The van der Waals surface area contributed by atoms with Crippen molar-refractivity contribution >= 4 is 17.5 Å². The van der Waals surface area contributed by atoms with E-state index >= 15 is 0 Å². The highest BCUT2D eigenvalue weighted by atomic mass is 16.2. The molecule has 1 aliphatic heterocycles. The number of rotatable bonds is 5. The Morgan fingerprint density at radius 2 is 1.91 bits per heavy atom. The molecule has 0 atom stereocenters. The Morgan fingerprint density at radius 3 is 2.70 bits per heavy atom. The fraction of sp³-hybridized carbons (Fsp3) is 0.353. The summed E-state index contributed by atoms with van der Waals surface area (Å²) in [6.07, 6.45) is 6.57. The van der Waals surface area contributed by atoms with Gasteiger partial charge in [0, 0.05) is 44.1 Å². The van der Waals surface area contributed by atoms with Gasteiger partial charge in [0.15, 0.2) is 5.82 Å². The van der Waals surface area contributed by atoms with Gasteiger partial charge in [-0.1, -0.05) is 6.07 Å². The fourth-order valence-electron chi connectivity index (χ4n) is 2.69. The van der Waals surface area contributed by atoms with Crippen molar-refractivity contribution in [2.75, 3.05) is 29.9 Å². The van der Waals surface area contributed by atoms with Gasteiger partial charge in [0.2, 0.25) is 0 Å². The Hall–Kier alpha value is -2.63. The van der Waals surface area contributed by atoms with E-state index in [-0.39, 0.29) is 6.03 Å². The molecule has 1 fully saturated rings. The van der Waals surface area contributed by atoms with Crippen LogP contribution in [0.5, 0.6) is 0 Å². The second-order valence-electron chi connectivity index (χ2n) is 5.52. The molecule has 0 radical (unpaired) electrons. The molecule has 0 aromatic carbocycles. The predicted octanol–water partition coefficient (Wildman–Crippen LogP) is 2.44. The van der Waals surface area contributed by atoms with Crippen LogP contribution in [0.4, 0.5) is 16.3 Å². The fourth-order valence-corrected chi connectivity index (χ4v) is 2.69. The quantitative estimate of drug-likeness (QED) is 0.890. The third-order valence-electron chi connectivity index (χ3n) is 3.83. The maximum absolute atomic E-state index is 12.1. The molecule has 120 valence electrons. The largest absolute Gasteiger partial charge is 0.355 e. The van der Waals surface area contributed by atoms with Crippen molar-refractivity contribution in [2.45, 2.75) is 19.3 Å². The van der Waals surface area contributed by atoms with E-state index in [9.17, 15) is 4.79 Å². The average molecular weight is 311 g/mol. The minimum absolute atomic E-state index is 0.214. The van der Waals surface area contributed by atoms with Gasteiger partial charge < -0.3 is 15.5 Å². The summed E-state index contributed by atoms with van der Waals surface area (Å²) in [5.41, 5.74) is 1.72. The van der Waals surface area contributed by atoms with Crippen LogP contribution >= 0.6 is 0 Å². The Morgan fingerprint density at radius 1 is 1.09 bits per heavy atom. The highest BCUT2D eigenvalue weighted by Gasteiger charge is 2.17. The zero-order valence-corrected chi connectivity index (χ0v) is 13.0. The third-order valence-corrected chi connectivity index (χ3v) is 3.83. The number of nitrogens with zero attached hydrogens (tertiary/aromatic N) is 3. The van der Waals surface area contributed by atoms with Crippen LogP contribution in [-0.4, -0.2) is 35.6 Å². The van der Waals surface area contributed by atoms with E-state index in [1.54, 1.807) is 12.4 Å². The summed E-state index contributed by atoms with van der Waals surface area (Å²) in [5, 5.41) is 5.76. The summed E-state index contributed by atoms with van der Waals surface area (Å²) in [5.74, 6) is 0.852. The van der Waals surface area contributed by atoms with Gasteiger partial charge in [-0.15, -0.1) is 0 Å². The number of amides is 2. The van der Waals surface area contributed by atoms with Crippen LogP contribution in [-0.2, 0) is 6.42 Å². The highest BCUT2D eigenvalue weighted by Crippen LogP contribution is 2.25. The van der Waals surface area contributed by atoms with Gasteiger partial charge in [-0.3, -0.25) is 4.98 Å². The molecule has 2 amide bonds. The molecule has 1 aliphatic rings. The van der Waals surface area contributed by atoms with Crippen LogP contribution in [0.15, 0.2) is 42.7 Å². The number of anilines is 2. The number of hydrogen-bond donors (Lipinski definition) is 2. The van der Waals surface area contributed by atoms with Crippen LogP contribution in [0, 0.1) is 0 Å². The second-order valence-corrected chi connectivity index (χ2v) is 5.52. The molecular weight excluding hydrogens is 290 g/mol. The Bertz CT molecular complexity index is 640. The van der Waals surface area contributed by atoms with Crippen molar-refractivity contribution in [1.29, 1.82) is 0 Å². The highest BCUT2D eigenvalue weighted by molar-refractivity contribution is 5.92. The third kappa shape index (κ3) is 4.18. The summed E-state index contributed by atoms with van der Waals surface area (Å²) >= 11 is 0. The van der Waals surface area contributed by atoms with E-state index in [1.807, 2.05) is 30.3 Å². The normalized spacial score (nSPS) is 13.8. The molecule has 0 saturated carbocycles. The van der Waals surface area contributed by atoms with E-state index in [0.717, 1.165) is 30.3 Å².